The highest BCUT2D eigenvalue weighted by atomic mass is 35.5. The molecule has 1 fully saturated rings. The van der Waals surface area contributed by atoms with Gasteiger partial charge in [-0.2, -0.15) is 4.31 Å². The average molecular weight is 397 g/mol. The van der Waals surface area contributed by atoms with Crippen LogP contribution in [-0.2, 0) is 14.8 Å². The first kappa shape index (κ1) is 19.3. The maximum absolute atomic E-state index is 12.9. The third-order valence-corrected chi connectivity index (χ3v) is 6.36. The molecule has 7 nitrogen and oxygen atoms in total. The van der Waals surface area contributed by atoms with Gasteiger partial charge in [-0.1, -0.05) is 23.2 Å². The predicted molar refractivity (Wildman–Crippen MR) is 90.0 cm³/mol. The maximum Gasteiger partial charge on any atom is 0.244 e. The van der Waals surface area contributed by atoms with Gasteiger partial charge in [-0.25, -0.2) is 8.42 Å². The molecular weight excluding hydrogens is 379 g/mol. The third kappa shape index (κ3) is 3.94. The largest absolute Gasteiger partial charge is 0.495 e. The van der Waals surface area contributed by atoms with Crippen LogP contribution in [0.3, 0.4) is 0 Å². The molecule has 1 aliphatic heterocycles. The van der Waals surface area contributed by atoms with Crippen LogP contribution in [0.4, 0.5) is 0 Å². The minimum Gasteiger partial charge on any atom is -0.495 e. The summed E-state index contributed by atoms with van der Waals surface area (Å²) in [6, 6.07) is 2.55. The maximum atomic E-state index is 12.9. The summed E-state index contributed by atoms with van der Waals surface area (Å²) >= 11 is 12.1. The summed E-state index contributed by atoms with van der Waals surface area (Å²) in [6.45, 7) is 1.56. The Bertz CT molecular complexity index is 741. The van der Waals surface area contributed by atoms with Crippen molar-refractivity contribution in [3.63, 3.8) is 0 Å². The Morgan fingerprint density at radius 2 is 1.92 bits per heavy atom. The summed E-state index contributed by atoms with van der Waals surface area (Å²) in [5.41, 5.74) is 0. The Hall–Kier alpha value is -1.06. The number of halogens is 2. The van der Waals surface area contributed by atoms with Crippen molar-refractivity contribution in [1.82, 2.24) is 9.21 Å². The molecule has 0 radical (unpaired) electrons. The van der Waals surface area contributed by atoms with Crippen LogP contribution in [0, 0.1) is 0 Å². The van der Waals surface area contributed by atoms with Crippen molar-refractivity contribution < 1.29 is 23.1 Å². The highest BCUT2D eigenvalue weighted by Crippen LogP contribution is 2.34. The molecule has 1 unspecified atom stereocenters. The van der Waals surface area contributed by atoms with Gasteiger partial charge < -0.3 is 14.7 Å². The average Bonchev–Trinajstić information content (AvgIpc) is 2.71. The van der Waals surface area contributed by atoms with Crippen LogP contribution in [0.25, 0.3) is 0 Å². The molecule has 1 heterocycles. The number of nitrogens with zero attached hydrogens (tertiary/aromatic N) is 2. The third-order valence-electron chi connectivity index (χ3n) is 3.73. The lowest BCUT2D eigenvalue weighted by molar-refractivity contribution is -0.129. The zero-order valence-electron chi connectivity index (χ0n) is 13.2. The molecule has 24 heavy (non-hydrogen) atoms. The predicted octanol–water partition coefficient (Wildman–Crippen LogP) is 1.22. The Balaban J connectivity index is 2.36. The summed E-state index contributed by atoms with van der Waals surface area (Å²) in [5.74, 6) is 0.0399. The number of rotatable bonds is 3. The fourth-order valence-corrected chi connectivity index (χ4v) is 4.76. The Labute approximate surface area is 150 Å². The molecule has 0 aromatic heterocycles. The van der Waals surface area contributed by atoms with E-state index >= 15 is 0 Å². The summed E-state index contributed by atoms with van der Waals surface area (Å²) in [7, 11) is -2.59. The molecule has 0 saturated carbocycles. The van der Waals surface area contributed by atoms with Gasteiger partial charge in [0, 0.05) is 39.2 Å². The molecule has 2 rings (SSSR count). The van der Waals surface area contributed by atoms with Gasteiger partial charge in [0.1, 0.15) is 10.6 Å². The van der Waals surface area contributed by atoms with E-state index in [1.165, 1.54) is 31.1 Å². The minimum absolute atomic E-state index is 0.0292. The number of aliphatic hydroxyl groups excluding tert-OH is 1. The summed E-state index contributed by atoms with van der Waals surface area (Å²) in [6.07, 6.45) is -0.987. The van der Waals surface area contributed by atoms with Crippen LogP contribution in [0.5, 0.6) is 5.75 Å². The normalized spacial score (nSPS) is 19.9. The molecule has 0 aliphatic carbocycles. The molecule has 1 amide bonds. The summed E-state index contributed by atoms with van der Waals surface area (Å²) < 4.78 is 31.8. The molecule has 1 N–H and O–H groups in total. The van der Waals surface area contributed by atoms with Crippen LogP contribution < -0.4 is 4.74 Å². The van der Waals surface area contributed by atoms with E-state index in [2.05, 4.69) is 0 Å². The number of sulfonamides is 1. The Morgan fingerprint density at radius 3 is 2.50 bits per heavy atom. The topological polar surface area (TPSA) is 87.2 Å². The number of hydrogen-bond donors (Lipinski definition) is 1. The molecule has 10 heteroatoms. The molecule has 1 aromatic carbocycles. The van der Waals surface area contributed by atoms with Crippen LogP contribution in [-0.4, -0.2) is 68.0 Å². The molecule has 1 aromatic rings. The highest BCUT2D eigenvalue weighted by molar-refractivity contribution is 7.89. The van der Waals surface area contributed by atoms with Gasteiger partial charge in [-0.15, -0.1) is 0 Å². The molecule has 0 bridgehead atoms. The van der Waals surface area contributed by atoms with Crippen molar-refractivity contribution in [2.24, 2.45) is 0 Å². The number of carbonyl (C=O) groups is 1. The van der Waals surface area contributed by atoms with Crippen molar-refractivity contribution >= 4 is 39.1 Å². The van der Waals surface area contributed by atoms with E-state index in [0.29, 0.717) is 0 Å². The quantitative estimate of drug-likeness (QED) is 0.829. The van der Waals surface area contributed by atoms with Crippen LogP contribution >= 0.6 is 23.2 Å². The van der Waals surface area contributed by atoms with Gasteiger partial charge in [0.05, 0.1) is 23.3 Å². The van der Waals surface area contributed by atoms with Gasteiger partial charge in [-0.3, -0.25) is 4.79 Å². The molecule has 1 aliphatic rings. The lowest BCUT2D eigenvalue weighted by Gasteiger charge is -2.22. The fraction of sp³-hybridized carbons (Fsp3) is 0.500. The first-order valence-corrected chi connectivity index (χ1v) is 9.33. The van der Waals surface area contributed by atoms with Gasteiger partial charge >= 0.3 is 0 Å². The van der Waals surface area contributed by atoms with Gasteiger partial charge in [0.15, 0.2) is 0 Å². The SMILES string of the molecule is COc1cc(Cl)c(S(=O)(=O)N2CCN(C(C)=O)CC(O)C2)cc1Cl. The number of ether oxygens (including phenoxy) is 1. The van der Waals surface area contributed by atoms with E-state index in [0.717, 1.165) is 4.31 Å². The van der Waals surface area contributed by atoms with Gasteiger partial charge in [0.25, 0.3) is 0 Å². The van der Waals surface area contributed by atoms with Crippen molar-refractivity contribution in [2.45, 2.75) is 17.9 Å². The van der Waals surface area contributed by atoms with E-state index in [9.17, 15) is 18.3 Å². The van der Waals surface area contributed by atoms with Crippen molar-refractivity contribution in [1.29, 1.82) is 0 Å². The van der Waals surface area contributed by atoms with E-state index in [-0.39, 0.29) is 52.8 Å². The lowest BCUT2D eigenvalue weighted by Crippen LogP contribution is -2.37. The number of hydrogen-bond acceptors (Lipinski definition) is 5. The van der Waals surface area contributed by atoms with Crippen LogP contribution in [0.1, 0.15) is 6.92 Å². The molecule has 1 saturated heterocycles. The van der Waals surface area contributed by atoms with Crippen LogP contribution in [0.2, 0.25) is 10.0 Å². The van der Waals surface area contributed by atoms with Crippen molar-refractivity contribution in [3.8, 4) is 5.75 Å². The zero-order chi connectivity index (χ0) is 18.1. The minimum atomic E-state index is -3.98. The Morgan fingerprint density at radius 1 is 1.25 bits per heavy atom. The molecule has 1 atom stereocenters. The highest BCUT2D eigenvalue weighted by Gasteiger charge is 2.33. The van der Waals surface area contributed by atoms with E-state index in [1.54, 1.807) is 0 Å². The number of aliphatic hydroxyl groups is 1. The summed E-state index contributed by atoms with van der Waals surface area (Å²) in [4.78, 5) is 12.7. The second-order valence-electron chi connectivity index (χ2n) is 5.40. The van der Waals surface area contributed by atoms with E-state index < -0.39 is 16.1 Å². The number of β-amino-alcohol motifs (C(OH)–C–C–N with tert-alkyl or cyclic N) is 1. The number of methoxy groups -OCH3 is 1. The number of carbonyl (C=O) groups excluding carboxylic acids is 1. The van der Waals surface area contributed by atoms with Crippen molar-refractivity contribution in [3.05, 3.63) is 22.2 Å². The number of benzene rings is 1. The zero-order valence-corrected chi connectivity index (χ0v) is 15.5. The van der Waals surface area contributed by atoms with Gasteiger partial charge in [0.2, 0.25) is 15.9 Å². The first-order valence-electron chi connectivity index (χ1n) is 7.13. The Kier molecular flexibility index (Phi) is 5.98. The number of amides is 1. The van der Waals surface area contributed by atoms with Crippen LogP contribution in [0.15, 0.2) is 17.0 Å². The monoisotopic (exact) mass is 396 g/mol. The second-order valence-corrected chi connectivity index (χ2v) is 8.12. The molecule has 0 spiro atoms. The van der Waals surface area contributed by atoms with E-state index in [1.807, 2.05) is 0 Å². The van der Waals surface area contributed by atoms with E-state index in [4.69, 9.17) is 27.9 Å². The lowest BCUT2D eigenvalue weighted by atomic mass is 10.3. The van der Waals surface area contributed by atoms with Gasteiger partial charge in [-0.05, 0) is 6.07 Å². The smallest absolute Gasteiger partial charge is 0.244 e. The summed E-state index contributed by atoms with van der Waals surface area (Å²) in [5, 5.41) is 10.1. The standard InChI is InChI=1S/C14H18Cl2N2O5S/c1-9(19)17-3-4-18(8-10(20)7-17)24(21,22)14-6-11(15)13(23-2)5-12(14)16/h5-6,10,20H,3-4,7-8H2,1-2H3. The fourth-order valence-electron chi connectivity index (χ4n) is 2.47. The first-order chi connectivity index (χ1) is 11.2. The van der Waals surface area contributed by atoms with Crippen molar-refractivity contribution in [2.75, 3.05) is 33.3 Å². The molecular formula is C14H18Cl2N2O5S. The molecule has 134 valence electrons. The second kappa shape index (κ2) is 7.45.